The van der Waals surface area contributed by atoms with Gasteiger partial charge in [-0.1, -0.05) is 13.0 Å². The Morgan fingerprint density at radius 1 is 1.15 bits per heavy atom. The van der Waals surface area contributed by atoms with Gasteiger partial charge in [0.25, 0.3) is 5.91 Å². The number of anilines is 1. The van der Waals surface area contributed by atoms with Crippen LogP contribution in [0, 0.1) is 11.7 Å². The number of halogens is 1. The molecule has 2 aromatic heterocycles. The number of aromatic nitrogens is 3. The van der Waals surface area contributed by atoms with Crippen LogP contribution in [0.3, 0.4) is 0 Å². The summed E-state index contributed by atoms with van der Waals surface area (Å²) in [6.45, 7) is 3.47. The lowest BCUT2D eigenvalue weighted by Gasteiger charge is -2.39. The zero-order valence-electron chi connectivity index (χ0n) is 19.2. The Hall–Kier alpha value is -3.52. The lowest BCUT2D eigenvalue weighted by Crippen LogP contribution is -2.42. The monoisotopic (exact) mass is 459 g/mol. The van der Waals surface area contributed by atoms with Crippen LogP contribution in [-0.4, -0.2) is 32.1 Å². The average molecular weight is 460 g/mol. The number of nitrogen functional groups attached to an aromatic ring is 1. The molecule has 1 saturated heterocycles. The predicted octanol–water partition coefficient (Wildman–Crippen LogP) is 4.49. The molecule has 6 rings (SSSR count). The third kappa shape index (κ3) is 3.32. The fraction of sp³-hybridized carbons (Fsp3) is 0.346. The van der Waals surface area contributed by atoms with Crippen molar-refractivity contribution in [1.29, 1.82) is 0 Å². The Labute approximate surface area is 196 Å². The first-order valence-corrected chi connectivity index (χ1v) is 11.6. The number of rotatable bonds is 2. The van der Waals surface area contributed by atoms with Crippen LogP contribution >= 0.6 is 0 Å². The van der Waals surface area contributed by atoms with E-state index in [0.717, 1.165) is 45.8 Å². The van der Waals surface area contributed by atoms with Crippen molar-refractivity contribution in [3.63, 3.8) is 0 Å². The van der Waals surface area contributed by atoms with Crippen molar-refractivity contribution in [2.24, 2.45) is 13.0 Å². The van der Waals surface area contributed by atoms with Gasteiger partial charge in [0, 0.05) is 42.2 Å². The van der Waals surface area contributed by atoms with Gasteiger partial charge in [-0.05, 0) is 48.1 Å². The number of nitrogens with zero attached hydrogens (tertiary/aromatic N) is 4. The molecule has 0 aliphatic carbocycles. The summed E-state index contributed by atoms with van der Waals surface area (Å²) >= 11 is 0. The van der Waals surface area contributed by atoms with Gasteiger partial charge in [-0.2, -0.15) is 5.10 Å². The van der Waals surface area contributed by atoms with E-state index in [1.807, 2.05) is 30.3 Å². The second kappa shape index (κ2) is 7.77. The van der Waals surface area contributed by atoms with Crippen molar-refractivity contribution in [3.05, 3.63) is 64.6 Å². The highest BCUT2D eigenvalue weighted by Crippen LogP contribution is 2.37. The van der Waals surface area contributed by atoms with Crippen molar-refractivity contribution >= 4 is 33.5 Å². The molecular weight excluding hydrogens is 433 g/mol. The van der Waals surface area contributed by atoms with Gasteiger partial charge in [-0.3, -0.25) is 9.48 Å². The SMILES string of the molecule is C[C@@H]1CC[C@@H](c2ccc3nn(C)cc3c2)N(C(=O)c2cc3c4c(c(N)nc3cc2F)COC4)C1. The van der Waals surface area contributed by atoms with Crippen LogP contribution in [0.2, 0.25) is 0 Å². The summed E-state index contributed by atoms with van der Waals surface area (Å²) in [6.07, 6.45) is 3.81. The van der Waals surface area contributed by atoms with Crippen LogP contribution in [0.15, 0.2) is 36.5 Å². The number of carbonyl (C=O) groups excluding carboxylic acids is 1. The molecule has 34 heavy (non-hydrogen) atoms. The third-order valence-corrected chi connectivity index (χ3v) is 7.15. The molecule has 0 bridgehead atoms. The maximum atomic E-state index is 15.3. The lowest BCUT2D eigenvalue weighted by atomic mass is 9.88. The van der Waals surface area contributed by atoms with Gasteiger partial charge in [0.1, 0.15) is 11.6 Å². The summed E-state index contributed by atoms with van der Waals surface area (Å²) in [6, 6.07) is 8.94. The smallest absolute Gasteiger partial charge is 0.257 e. The fourth-order valence-corrected chi connectivity index (χ4v) is 5.41. The molecule has 4 aromatic rings. The van der Waals surface area contributed by atoms with Crippen LogP contribution in [0.5, 0.6) is 0 Å². The van der Waals surface area contributed by atoms with Crippen molar-refractivity contribution in [1.82, 2.24) is 19.7 Å². The zero-order chi connectivity index (χ0) is 23.6. The quantitative estimate of drug-likeness (QED) is 0.477. The Morgan fingerprint density at radius 3 is 2.82 bits per heavy atom. The van der Waals surface area contributed by atoms with Crippen molar-refractivity contribution in [3.8, 4) is 0 Å². The molecule has 2 aliphatic rings. The van der Waals surface area contributed by atoms with Crippen LogP contribution in [0.1, 0.15) is 52.9 Å². The molecule has 8 heteroatoms. The molecule has 2 N–H and O–H groups in total. The van der Waals surface area contributed by atoms with Crippen LogP contribution in [0.25, 0.3) is 21.8 Å². The molecule has 1 amide bonds. The number of likely N-dealkylation sites (tertiary alicyclic amines) is 1. The van der Waals surface area contributed by atoms with Crippen molar-refractivity contribution in [2.75, 3.05) is 12.3 Å². The molecule has 1 fully saturated rings. The van der Waals surface area contributed by atoms with Gasteiger partial charge in [-0.25, -0.2) is 9.37 Å². The van der Waals surface area contributed by atoms with E-state index in [1.165, 1.54) is 6.07 Å². The van der Waals surface area contributed by atoms with E-state index < -0.39 is 5.82 Å². The van der Waals surface area contributed by atoms with E-state index in [4.69, 9.17) is 10.5 Å². The van der Waals surface area contributed by atoms with Crippen LogP contribution in [-0.2, 0) is 25.0 Å². The van der Waals surface area contributed by atoms with E-state index in [9.17, 15) is 4.79 Å². The summed E-state index contributed by atoms with van der Waals surface area (Å²) in [5.41, 5.74) is 10.2. The summed E-state index contributed by atoms with van der Waals surface area (Å²) in [5, 5.41) is 6.21. The first kappa shape index (κ1) is 21.0. The molecular formula is C26H26FN5O2. The second-order valence-electron chi connectivity index (χ2n) is 9.57. The minimum atomic E-state index is -0.581. The van der Waals surface area contributed by atoms with E-state index in [1.54, 1.807) is 10.7 Å². The Balaban J connectivity index is 1.43. The summed E-state index contributed by atoms with van der Waals surface area (Å²) < 4.78 is 22.6. The summed E-state index contributed by atoms with van der Waals surface area (Å²) in [7, 11) is 1.89. The Morgan fingerprint density at radius 2 is 1.97 bits per heavy atom. The van der Waals surface area contributed by atoms with Crippen LogP contribution < -0.4 is 5.73 Å². The Bertz CT molecular complexity index is 1460. The largest absolute Gasteiger partial charge is 0.383 e. The molecule has 7 nitrogen and oxygen atoms in total. The minimum absolute atomic E-state index is 0.0646. The topological polar surface area (TPSA) is 86.3 Å². The van der Waals surface area contributed by atoms with Gasteiger partial charge >= 0.3 is 0 Å². The number of benzene rings is 2. The highest BCUT2D eigenvalue weighted by atomic mass is 19.1. The maximum Gasteiger partial charge on any atom is 0.257 e. The molecule has 0 radical (unpaired) electrons. The predicted molar refractivity (Wildman–Crippen MR) is 127 cm³/mol. The van der Waals surface area contributed by atoms with Gasteiger partial charge in [-0.15, -0.1) is 0 Å². The first-order valence-electron chi connectivity index (χ1n) is 11.6. The summed E-state index contributed by atoms with van der Waals surface area (Å²) in [4.78, 5) is 20.0. The number of aryl methyl sites for hydroxylation is 1. The molecule has 0 saturated carbocycles. The molecule has 2 atom stereocenters. The number of hydrogen-bond acceptors (Lipinski definition) is 5. The normalized spacial score (nSPS) is 20.3. The number of carbonyl (C=O) groups is 1. The highest BCUT2D eigenvalue weighted by molar-refractivity contribution is 6.00. The highest BCUT2D eigenvalue weighted by Gasteiger charge is 2.33. The van der Waals surface area contributed by atoms with Crippen molar-refractivity contribution in [2.45, 2.75) is 39.0 Å². The van der Waals surface area contributed by atoms with E-state index in [-0.39, 0.29) is 17.5 Å². The van der Waals surface area contributed by atoms with E-state index in [2.05, 4.69) is 23.1 Å². The average Bonchev–Trinajstić information content (AvgIpc) is 3.44. The number of fused-ring (bicyclic) bond motifs is 4. The molecule has 0 spiro atoms. The van der Waals surface area contributed by atoms with Gasteiger partial charge < -0.3 is 15.4 Å². The van der Waals surface area contributed by atoms with Gasteiger partial charge in [0.2, 0.25) is 0 Å². The van der Waals surface area contributed by atoms with Gasteiger partial charge in [0.15, 0.2) is 0 Å². The van der Waals surface area contributed by atoms with Gasteiger partial charge in [0.05, 0.1) is 35.9 Å². The number of hydrogen-bond donors (Lipinski definition) is 1. The number of amides is 1. The summed E-state index contributed by atoms with van der Waals surface area (Å²) in [5.74, 6) is -0.186. The molecule has 174 valence electrons. The molecule has 4 heterocycles. The second-order valence-corrected chi connectivity index (χ2v) is 9.57. The number of pyridine rings is 1. The van der Waals surface area contributed by atoms with Crippen LogP contribution in [0.4, 0.5) is 10.2 Å². The third-order valence-electron chi connectivity index (χ3n) is 7.15. The minimum Gasteiger partial charge on any atom is -0.383 e. The first-order chi connectivity index (χ1) is 16.4. The molecule has 0 unspecified atom stereocenters. The lowest BCUT2D eigenvalue weighted by molar-refractivity contribution is 0.0540. The molecule has 2 aromatic carbocycles. The maximum absolute atomic E-state index is 15.3. The number of nitrogens with two attached hydrogens (primary N) is 1. The molecule has 2 aliphatic heterocycles. The number of ether oxygens (including phenoxy) is 1. The standard InChI is InChI=1S/C26H26FN5O2/c1-14-3-6-24(15-4-5-22-16(7-15)11-31(2)30-22)32(10-14)26(33)18-8-17-19-12-34-13-20(19)25(28)29-23(17)9-21(18)27/h4-5,7-9,11,14,24H,3,6,10,12-13H2,1-2H3,(H2,28,29)/t14-,24+/m1/s1. The van der Waals surface area contributed by atoms with E-state index >= 15 is 4.39 Å². The zero-order valence-corrected chi connectivity index (χ0v) is 19.2. The Kier molecular flexibility index (Phi) is 4.81. The fourth-order valence-electron chi connectivity index (χ4n) is 5.41. The van der Waals surface area contributed by atoms with E-state index in [0.29, 0.717) is 37.0 Å². The number of piperidine rings is 1. The van der Waals surface area contributed by atoms with Crippen molar-refractivity contribution < 1.29 is 13.9 Å².